The van der Waals surface area contributed by atoms with Crippen molar-refractivity contribution in [3.63, 3.8) is 0 Å². The van der Waals surface area contributed by atoms with Gasteiger partial charge in [-0.3, -0.25) is 39.7 Å². The Morgan fingerprint density at radius 2 is 1.68 bits per heavy atom. The molecule has 18 nitrogen and oxygen atoms in total. The standard InChI is InChI=1S/C47H52ClN13O5/c48-38-26-50-46(55-42(38)53-39-7-2-1-6-37(39)43(63)56-49)51-32-9-11-34(12-10-32)59-21-23-60(24-22-59)47(66)52-33-16-19-58(20-17-33)35-28-57(29-35)18-4-3-5-30-8-13-36-31(25-30)27-61(45(36)65)40-14-15-41(62)54-44(40)64/h1-2,6-13,25-26,33,35,40H,4,14-24,27-29,49H2,(H,52,66)(H,56,63)(H,54,62,64)(H2,50,51,53,55). The summed E-state index contributed by atoms with van der Waals surface area (Å²) in [5, 5.41) is 12.3. The van der Waals surface area contributed by atoms with Crippen LogP contribution in [0.15, 0.2) is 72.9 Å². The minimum absolute atomic E-state index is 0.00844. The first-order chi connectivity index (χ1) is 32.1. The molecule has 66 heavy (non-hydrogen) atoms. The summed E-state index contributed by atoms with van der Waals surface area (Å²) in [6.07, 6.45) is 4.68. The number of aromatic nitrogens is 2. The number of urea groups is 1. The largest absolute Gasteiger partial charge is 0.368 e. The zero-order chi connectivity index (χ0) is 45.7. The zero-order valence-electron chi connectivity index (χ0n) is 36.4. The maximum atomic E-state index is 13.3. The summed E-state index contributed by atoms with van der Waals surface area (Å²) in [5.41, 5.74) is 7.12. The number of benzene rings is 3. The predicted molar refractivity (Wildman–Crippen MR) is 249 cm³/mol. The highest BCUT2D eigenvalue weighted by Crippen LogP contribution is 2.30. The van der Waals surface area contributed by atoms with Crippen molar-refractivity contribution in [3.05, 3.63) is 100 Å². The van der Waals surface area contributed by atoms with Crippen LogP contribution in [0.1, 0.15) is 63.9 Å². The summed E-state index contributed by atoms with van der Waals surface area (Å²) in [4.78, 5) is 82.0. The summed E-state index contributed by atoms with van der Waals surface area (Å²) in [6, 6.07) is 20.5. The van der Waals surface area contributed by atoms with E-state index in [1.165, 1.54) is 6.20 Å². The monoisotopic (exact) mass is 913 g/mol. The minimum Gasteiger partial charge on any atom is -0.368 e. The SMILES string of the molecule is NNC(=O)c1ccccc1Nc1nc(Nc2ccc(N3CCN(C(=O)NC4CCN(C5CN(CCC#Cc6ccc7c(c6)CN(C6CCC(=O)NC6=O)C7=O)C5)CC4)CC3)cc2)ncc1Cl. The number of halogens is 1. The number of amides is 6. The third-order valence-electron chi connectivity index (χ3n) is 13.0. The molecule has 1 unspecified atom stereocenters. The number of hydrogen-bond donors (Lipinski definition) is 6. The van der Waals surface area contributed by atoms with Gasteiger partial charge in [-0.15, -0.1) is 0 Å². The number of nitrogens with one attached hydrogen (secondary N) is 5. The van der Waals surface area contributed by atoms with E-state index in [4.69, 9.17) is 17.4 Å². The minimum atomic E-state index is -0.625. The number of nitrogens with two attached hydrogens (primary N) is 1. The van der Waals surface area contributed by atoms with Crippen LogP contribution in [0.5, 0.6) is 0 Å². The number of carbonyl (C=O) groups is 5. The highest BCUT2D eigenvalue weighted by molar-refractivity contribution is 6.33. The summed E-state index contributed by atoms with van der Waals surface area (Å²) in [5.74, 6) is 11.2. The first kappa shape index (κ1) is 44.4. The van der Waals surface area contributed by atoms with Crippen LogP contribution in [0.3, 0.4) is 0 Å². The fraction of sp³-hybridized carbons (Fsp3) is 0.383. The molecule has 4 fully saturated rings. The van der Waals surface area contributed by atoms with E-state index in [0.29, 0.717) is 60.7 Å². The molecule has 1 atom stereocenters. The molecule has 19 heteroatoms. The van der Waals surface area contributed by atoms with Crippen LogP contribution in [0, 0.1) is 11.8 Å². The van der Waals surface area contributed by atoms with E-state index in [-0.39, 0.29) is 35.3 Å². The molecule has 0 saturated carbocycles. The number of hydrazine groups is 1. The van der Waals surface area contributed by atoms with Crippen molar-refractivity contribution in [2.75, 3.05) is 74.4 Å². The Morgan fingerprint density at radius 1 is 0.909 bits per heavy atom. The average Bonchev–Trinajstić information content (AvgIpc) is 3.64. The Balaban J connectivity index is 0.659. The molecule has 0 spiro atoms. The highest BCUT2D eigenvalue weighted by Gasteiger charge is 2.39. The molecular formula is C47H52ClN13O5. The highest BCUT2D eigenvalue weighted by atomic mass is 35.5. The molecule has 0 bridgehead atoms. The van der Waals surface area contributed by atoms with Gasteiger partial charge >= 0.3 is 6.03 Å². The van der Waals surface area contributed by atoms with Crippen LogP contribution in [0.2, 0.25) is 5.02 Å². The lowest BCUT2D eigenvalue weighted by molar-refractivity contribution is -0.136. The number of para-hydroxylation sites is 1. The zero-order valence-corrected chi connectivity index (χ0v) is 37.1. The quantitative estimate of drug-likeness (QED) is 0.0419. The molecule has 0 radical (unpaired) electrons. The van der Waals surface area contributed by atoms with Crippen LogP contribution in [0.25, 0.3) is 0 Å². The fourth-order valence-electron chi connectivity index (χ4n) is 9.22. The number of nitrogens with zero attached hydrogens (tertiary/aromatic N) is 7. The van der Waals surface area contributed by atoms with Crippen LogP contribution in [-0.4, -0.2) is 136 Å². The van der Waals surface area contributed by atoms with Gasteiger partial charge in [-0.05, 0) is 79.4 Å². The molecule has 5 aliphatic rings. The molecule has 7 N–H and O–H groups in total. The van der Waals surface area contributed by atoms with E-state index in [0.717, 1.165) is 87.6 Å². The van der Waals surface area contributed by atoms with E-state index in [9.17, 15) is 24.0 Å². The summed E-state index contributed by atoms with van der Waals surface area (Å²) >= 11 is 6.39. The lowest BCUT2D eigenvalue weighted by Crippen LogP contribution is -2.62. The number of rotatable bonds is 11. The summed E-state index contributed by atoms with van der Waals surface area (Å²) in [7, 11) is 0. The molecule has 4 saturated heterocycles. The van der Waals surface area contributed by atoms with Gasteiger partial charge in [0.25, 0.3) is 11.8 Å². The van der Waals surface area contributed by atoms with Gasteiger partial charge in [-0.25, -0.2) is 15.6 Å². The van der Waals surface area contributed by atoms with Gasteiger partial charge in [0.1, 0.15) is 11.1 Å². The van der Waals surface area contributed by atoms with E-state index in [1.54, 1.807) is 35.2 Å². The van der Waals surface area contributed by atoms with Crippen LogP contribution >= 0.6 is 11.6 Å². The van der Waals surface area contributed by atoms with Gasteiger partial charge in [-0.2, -0.15) is 4.98 Å². The third kappa shape index (κ3) is 10.0. The topological polar surface area (TPSA) is 214 Å². The van der Waals surface area contributed by atoms with E-state index >= 15 is 0 Å². The molecule has 6 amide bonds. The maximum Gasteiger partial charge on any atom is 0.317 e. The number of carbonyl (C=O) groups excluding carboxylic acids is 5. The molecule has 3 aromatic carbocycles. The predicted octanol–water partition coefficient (Wildman–Crippen LogP) is 3.40. The fourth-order valence-corrected chi connectivity index (χ4v) is 9.36. The number of piperidine rings is 2. The number of likely N-dealkylation sites (tertiary alicyclic amines) is 2. The second-order valence-electron chi connectivity index (χ2n) is 17.2. The Labute approximate surface area is 387 Å². The van der Waals surface area contributed by atoms with Crippen LogP contribution in [-0.2, 0) is 16.1 Å². The first-order valence-electron chi connectivity index (χ1n) is 22.4. The van der Waals surface area contributed by atoms with Crippen molar-refractivity contribution in [1.29, 1.82) is 0 Å². The number of piperazine rings is 1. The number of hydrogen-bond acceptors (Lipinski definition) is 13. The maximum absolute atomic E-state index is 13.3. The average molecular weight is 914 g/mol. The number of imide groups is 1. The van der Waals surface area contributed by atoms with Gasteiger partial charge < -0.3 is 30.7 Å². The molecule has 9 rings (SSSR count). The Kier molecular flexibility index (Phi) is 13.3. The second kappa shape index (κ2) is 19.8. The van der Waals surface area contributed by atoms with Gasteiger partial charge in [0, 0.05) is 113 Å². The van der Waals surface area contributed by atoms with E-state index in [1.807, 2.05) is 41.3 Å². The van der Waals surface area contributed by atoms with E-state index < -0.39 is 17.9 Å². The molecule has 5 aliphatic heterocycles. The van der Waals surface area contributed by atoms with E-state index in [2.05, 4.69) is 63.2 Å². The summed E-state index contributed by atoms with van der Waals surface area (Å²) in [6.45, 7) is 7.94. The van der Waals surface area contributed by atoms with Crippen LogP contribution in [0.4, 0.5) is 33.6 Å². The van der Waals surface area contributed by atoms with Crippen molar-refractivity contribution < 1.29 is 24.0 Å². The summed E-state index contributed by atoms with van der Waals surface area (Å²) < 4.78 is 0. The smallest absolute Gasteiger partial charge is 0.317 e. The molecule has 6 heterocycles. The Hall–Kier alpha value is -6.78. The lowest BCUT2D eigenvalue weighted by atomic mass is 9.99. The van der Waals surface area contributed by atoms with Gasteiger partial charge in [0.15, 0.2) is 5.82 Å². The van der Waals surface area contributed by atoms with Crippen LogP contribution < -0.4 is 37.4 Å². The van der Waals surface area contributed by atoms with Crippen molar-refractivity contribution in [1.82, 2.24) is 45.6 Å². The second-order valence-corrected chi connectivity index (χ2v) is 17.6. The van der Waals surface area contributed by atoms with Crippen molar-refractivity contribution >= 4 is 70.1 Å². The number of anilines is 5. The number of fused-ring (bicyclic) bond motifs is 1. The first-order valence-corrected chi connectivity index (χ1v) is 22.8. The molecular weight excluding hydrogens is 862 g/mol. The molecule has 342 valence electrons. The lowest BCUT2D eigenvalue weighted by Gasteiger charge is -2.47. The third-order valence-corrected chi connectivity index (χ3v) is 13.3. The van der Waals surface area contributed by atoms with Gasteiger partial charge in [0.05, 0.1) is 17.4 Å². The Bertz CT molecular complexity index is 2560. The molecule has 4 aromatic rings. The molecule has 0 aliphatic carbocycles. The normalized spacial score (nSPS) is 19.3. The molecule has 1 aromatic heterocycles. The van der Waals surface area contributed by atoms with Crippen molar-refractivity contribution in [2.45, 2.75) is 56.8 Å². The Morgan fingerprint density at radius 3 is 2.44 bits per heavy atom. The van der Waals surface area contributed by atoms with Gasteiger partial charge in [0.2, 0.25) is 17.8 Å². The number of nitrogen functional groups attached to an aromatic ring is 1. The van der Waals surface area contributed by atoms with Gasteiger partial charge in [-0.1, -0.05) is 35.6 Å². The van der Waals surface area contributed by atoms with Crippen molar-refractivity contribution in [3.8, 4) is 11.8 Å². The van der Waals surface area contributed by atoms with Crippen molar-refractivity contribution in [2.24, 2.45) is 5.84 Å².